The van der Waals surface area contributed by atoms with Gasteiger partial charge in [0.25, 0.3) is 5.56 Å². The number of thioether (sulfide) groups is 1. The molecule has 1 saturated heterocycles. The van der Waals surface area contributed by atoms with Crippen LogP contribution in [0, 0.1) is 0 Å². The van der Waals surface area contributed by atoms with Gasteiger partial charge in [-0.1, -0.05) is 42.1 Å². The fraction of sp³-hybridized carbons (Fsp3) is 0.409. The minimum absolute atomic E-state index is 0.0556. The molecule has 32 heavy (non-hydrogen) atoms. The minimum atomic E-state index is -3.06. The number of thiophene rings is 1. The maximum Gasteiger partial charge on any atom is 0.263 e. The Hall–Kier alpha value is -2.17. The quantitative estimate of drug-likeness (QED) is 0.391. The van der Waals surface area contributed by atoms with Crippen molar-refractivity contribution in [2.75, 3.05) is 17.3 Å². The van der Waals surface area contributed by atoms with Crippen molar-refractivity contribution >= 4 is 49.1 Å². The number of benzene rings is 1. The van der Waals surface area contributed by atoms with Crippen LogP contribution in [-0.2, 0) is 21.7 Å². The molecule has 1 aliphatic carbocycles. The van der Waals surface area contributed by atoms with E-state index >= 15 is 0 Å². The van der Waals surface area contributed by atoms with Gasteiger partial charge in [-0.15, -0.1) is 11.3 Å². The van der Waals surface area contributed by atoms with Crippen LogP contribution in [0.3, 0.4) is 0 Å². The van der Waals surface area contributed by atoms with Crippen LogP contribution in [0.15, 0.2) is 45.7 Å². The third-order valence-corrected chi connectivity index (χ3v) is 9.65. The van der Waals surface area contributed by atoms with Crippen LogP contribution in [0.5, 0.6) is 0 Å². The minimum Gasteiger partial charge on any atom is -0.335 e. The number of carbonyl (C=O) groups excluding carboxylic acids is 1. The summed E-state index contributed by atoms with van der Waals surface area (Å²) in [4.78, 5) is 33.3. The standard InChI is InChI=1S/C22H23N3O4S3/c1-24-21(27)19-17(14-5-3-2-4-6-14)11-30-20(19)23-22(24)31-12-18(26)25(15-7-8-15)16-9-10-32(28,29)13-16/h2-6,11,15-16H,7-10,12-13H2,1H3. The molecule has 0 bridgehead atoms. The number of carbonyl (C=O) groups is 1. The van der Waals surface area contributed by atoms with Crippen LogP contribution in [0.25, 0.3) is 21.3 Å². The molecule has 168 valence electrons. The fourth-order valence-corrected chi connectivity index (χ4v) is 7.81. The molecule has 0 spiro atoms. The molecule has 2 aromatic heterocycles. The summed E-state index contributed by atoms with van der Waals surface area (Å²) >= 11 is 2.66. The number of fused-ring (bicyclic) bond motifs is 1. The van der Waals surface area contributed by atoms with Crippen LogP contribution in [0.1, 0.15) is 19.3 Å². The van der Waals surface area contributed by atoms with Crippen LogP contribution in [-0.4, -0.2) is 58.1 Å². The van der Waals surface area contributed by atoms with Crippen molar-refractivity contribution < 1.29 is 13.2 Å². The highest BCUT2D eigenvalue weighted by Gasteiger charge is 2.42. The number of rotatable bonds is 6. The molecule has 1 aromatic carbocycles. The van der Waals surface area contributed by atoms with Crippen molar-refractivity contribution in [1.29, 1.82) is 0 Å². The number of amides is 1. The van der Waals surface area contributed by atoms with Crippen molar-refractivity contribution in [3.8, 4) is 11.1 Å². The van der Waals surface area contributed by atoms with Crippen molar-refractivity contribution in [3.05, 3.63) is 46.1 Å². The van der Waals surface area contributed by atoms with Gasteiger partial charge >= 0.3 is 0 Å². The van der Waals surface area contributed by atoms with E-state index in [4.69, 9.17) is 0 Å². The summed E-state index contributed by atoms with van der Waals surface area (Å²) < 4.78 is 25.3. The topological polar surface area (TPSA) is 89.3 Å². The SMILES string of the molecule is Cn1c(SCC(=O)N(C2CC2)C2CCS(=O)(=O)C2)nc2scc(-c3ccccc3)c2c1=O. The fourth-order valence-electron chi connectivity index (χ4n) is 4.27. The van der Waals surface area contributed by atoms with Crippen LogP contribution in [0.4, 0.5) is 0 Å². The summed E-state index contributed by atoms with van der Waals surface area (Å²) in [5.74, 6) is 0.261. The van der Waals surface area contributed by atoms with Crippen molar-refractivity contribution in [2.24, 2.45) is 7.05 Å². The molecule has 1 unspecified atom stereocenters. The van der Waals surface area contributed by atoms with E-state index in [1.54, 1.807) is 11.9 Å². The van der Waals surface area contributed by atoms with E-state index in [0.29, 0.717) is 21.8 Å². The predicted octanol–water partition coefficient (Wildman–Crippen LogP) is 2.93. The monoisotopic (exact) mass is 489 g/mol. The van der Waals surface area contributed by atoms with Gasteiger partial charge in [0.05, 0.1) is 22.6 Å². The first kappa shape index (κ1) is 21.7. The molecule has 10 heteroatoms. The number of hydrogen-bond acceptors (Lipinski definition) is 7. The van der Waals surface area contributed by atoms with Gasteiger partial charge < -0.3 is 4.90 Å². The molecule has 0 N–H and O–H groups in total. The lowest BCUT2D eigenvalue weighted by Gasteiger charge is -2.28. The number of sulfone groups is 1. The first-order chi connectivity index (χ1) is 15.3. The Kier molecular flexibility index (Phi) is 5.63. The zero-order valence-electron chi connectivity index (χ0n) is 17.6. The molecule has 1 amide bonds. The average Bonchev–Trinajstić information content (AvgIpc) is 3.40. The van der Waals surface area contributed by atoms with Crippen LogP contribution < -0.4 is 5.56 Å². The maximum atomic E-state index is 13.1. The Morgan fingerprint density at radius 2 is 1.97 bits per heavy atom. The van der Waals surface area contributed by atoms with Crippen molar-refractivity contribution in [1.82, 2.24) is 14.5 Å². The van der Waals surface area contributed by atoms with Gasteiger partial charge in [-0.05, 0) is 24.8 Å². The van der Waals surface area contributed by atoms with Gasteiger partial charge in [-0.25, -0.2) is 13.4 Å². The molecule has 2 fully saturated rings. The Balaban J connectivity index is 1.38. The Bertz CT molecular complexity index is 1340. The van der Waals surface area contributed by atoms with E-state index in [0.717, 1.165) is 24.0 Å². The first-order valence-electron chi connectivity index (χ1n) is 10.5. The smallest absolute Gasteiger partial charge is 0.263 e. The second-order valence-corrected chi connectivity index (χ2v) is 12.4. The van der Waals surface area contributed by atoms with Crippen LogP contribution in [0.2, 0.25) is 0 Å². The van der Waals surface area contributed by atoms with Gasteiger partial charge in [0.2, 0.25) is 5.91 Å². The summed E-state index contributed by atoms with van der Waals surface area (Å²) in [5, 5.41) is 3.03. The van der Waals surface area contributed by atoms with Gasteiger partial charge in [0, 0.05) is 30.1 Å². The maximum absolute atomic E-state index is 13.1. The Morgan fingerprint density at radius 1 is 1.22 bits per heavy atom. The lowest BCUT2D eigenvalue weighted by atomic mass is 10.1. The molecule has 1 aliphatic heterocycles. The average molecular weight is 490 g/mol. The van der Waals surface area contributed by atoms with Gasteiger partial charge in [-0.3, -0.25) is 14.2 Å². The third-order valence-electron chi connectivity index (χ3n) is 6.01. The van der Waals surface area contributed by atoms with E-state index in [2.05, 4.69) is 4.98 Å². The summed E-state index contributed by atoms with van der Waals surface area (Å²) in [6.07, 6.45) is 2.36. The summed E-state index contributed by atoms with van der Waals surface area (Å²) in [5.41, 5.74) is 1.71. The predicted molar refractivity (Wildman–Crippen MR) is 128 cm³/mol. The van der Waals surface area contributed by atoms with Crippen molar-refractivity contribution in [2.45, 2.75) is 36.5 Å². The highest BCUT2D eigenvalue weighted by Crippen LogP contribution is 2.34. The van der Waals surface area contributed by atoms with Crippen LogP contribution >= 0.6 is 23.1 Å². The van der Waals surface area contributed by atoms with E-state index in [1.807, 2.05) is 35.7 Å². The molecular weight excluding hydrogens is 466 g/mol. The summed E-state index contributed by atoms with van der Waals surface area (Å²) in [7, 11) is -1.38. The molecule has 0 radical (unpaired) electrons. The molecule has 1 saturated carbocycles. The van der Waals surface area contributed by atoms with Gasteiger partial charge in [-0.2, -0.15) is 0 Å². The van der Waals surface area contributed by atoms with E-state index in [-0.39, 0.29) is 40.8 Å². The second-order valence-electron chi connectivity index (χ2n) is 8.33. The molecule has 5 rings (SSSR count). The normalized spacial score (nSPS) is 20.0. The summed E-state index contributed by atoms with van der Waals surface area (Å²) in [6.45, 7) is 0. The number of hydrogen-bond donors (Lipinski definition) is 0. The van der Waals surface area contributed by atoms with E-state index in [1.165, 1.54) is 27.7 Å². The van der Waals surface area contributed by atoms with E-state index in [9.17, 15) is 18.0 Å². The third kappa shape index (κ3) is 4.11. The number of aromatic nitrogens is 2. The largest absolute Gasteiger partial charge is 0.335 e. The molecule has 3 aromatic rings. The Morgan fingerprint density at radius 3 is 2.62 bits per heavy atom. The van der Waals surface area contributed by atoms with Gasteiger partial charge in [0.15, 0.2) is 15.0 Å². The lowest BCUT2D eigenvalue weighted by molar-refractivity contribution is -0.130. The molecular formula is C22H23N3O4S3. The number of nitrogens with zero attached hydrogens (tertiary/aromatic N) is 3. The second kappa shape index (κ2) is 8.31. The molecule has 3 heterocycles. The lowest BCUT2D eigenvalue weighted by Crippen LogP contribution is -2.43. The molecule has 2 aliphatic rings. The van der Waals surface area contributed by atoms with Crippen molar-refractivity contribution in [3.63, 3.8) is 0 Å². The van der Waals surface area contributed by atoms with E-state index < -0.39 is 9.84 Å². The van der Waals surface area contributed by atoms with Gasteiger partial charge in [0.1, 0.15) is 4.83 Å². The zero-order valence-corrected chi connectivity index (χ0v) is 20.0. The Labute approximate surface area is 194 Å². The zero-order chi connectivity index (χ0) is 22.5. The molecule has 1 atom stereocenters. The highest BCUT2D eigenvalue weighted by molar-refractivity contribution is 7.99. The summed E-state index contributed by atoms with van der Waals surface area (Å²) in [6, 6.07) is 9.67. The highest BCUT2D eigenvalue weighted by atomic mass is 32.2. The first-order valence-corrected chi connectivity index (χ1v) is 14.2. The molecule has 7 nitrogen and oxygen atoms in total.